The summed E-state index contributed by atoms with van der Waals surface area (Å²) >= 11 is 0. The largest absolute Gasteiger partial charge is 0.358 e. The Bertz CT molecular complexity index is 515. The summed E-state index contributed by atoms with van der Waals surface area (Å²) in [5.74, 6) is 0.129. The summed E-state index contributed by atoms with van der Waals surface area (Å²) in [6.07, 6.45) is 5.80. The molecule has 2 fully saturated rings. The van der Waals surface area contributed by atoms with Gasteiger partial charge in [0.2, 0.25) is 5.91 Å². The smallest absolute Gasteiger partial charge is 0.242 e. The minimum absolute atomic E-state index is 0.0877. The molecule has 1 aliphatic heterocycles. The molecule has 1 amide bonds. The van der Waals surface area contributed by atoms with Gasteiger partial charge in [-0.3, -0.25) is 4.79 Å². The lowest BCUT2D eigenvalue weighted by Crippen LogP contribution is -2.44. The van der Waals surface area contributed by atoms with Gasteiger partial charge in [-0.25, -0.2) is 4.98 Å². The van der Waals surface area contributed by atoms with Crippen LogP contribution in [-0.2, 0) is 4.79 Å². The number of nitriles is 1. The highest BCUT2D eigenvalue weighted by Crippen LogP contribution is 2.26. The number of pyridine rings is 1. The van der Waals surface area contributed by atoms with Crippen LogP contribution >= 0.6 is 0 Å². The van der Waals surface area contributed by atoms with E-state index in [1.165, 1.54) is 0 Å². The van der Waals surface area contributed by atoms with E-state index in [4.69, 9.17) is 5.26 Å². The molecule has 2 heterocycles. The van der Waals surface area contributed by atoms with Gasteiger partial charge in [0.05, 0.1) is 11.9 Å². The number of rotatable bonds is 3. The number of nitrogens with zero attached hydrogens (tertiary/aromatic N) is 3. The van der Waals surface area contributed by atoms with Crippen molar-refractivity contribution < 1.29 is 4.79 Å². The van der Waals surface area contributed by atoms with Gasteiger partial charge in [0.1, 0.15) is 17.8 Å². The Hall–Kier alpha value is -2.09. The number of aromatic nitrogens is 1. The van der Waals surface area contributed by atoms with Gasteiger partial charge in [-0.05, 0) is 37.8 Å². The molecule has 1 saturated carbocycles. The third-order valence-electron chi connectivity index (χ3n) is 3.67. The zero-order valence-corrected chi connectivity index (χ0v) is 10.7. The molecule has 1 atom stereocenters. The molecule has 5 heteroatoms. The van der Waals surface area contributed by atoms with Crippen LogP contribution in [-0.4, -0.2) is 29.5 Å². The van der Waals surface area contributed by atoms with Crippen molar-refractivity contribution in [2.45, 2.75) is 37.8 Å². The summed E-state index contributed by atoms with van der Waals surface area (Å²) in [6, 6.07) is 5.88. The molecule has 2 aliphatic rings. The number of carbonyl (C=O) groups excluding carboxylic acids is 1. The van der Waals surface area contributed by atoms with Gasteiger partial charge in [0, 0.05) is 12.6 Å². The predicted molar refractivity (Wildman–Crippen MR) is 70.5 cm³/mol. The normalized spacial score (nSPS) is 22.1. The highest BCUT2D eigenvalue weighted by atomic mass is 16.2. The van der Waals surface area contributed by atoms with Crippen molar-refractivity contribution in [3.8, 4) is 6.07 Å². The molecule has 1 aromatic rings. The van der Waals surface area contributed by atoms with Crippen LogP contribution in [0.25, 0.3) is 0 Å². The first kappa shape index (κ1) is 12.0. The first-order chi connectivity index (χ1) is 9.28. The Morgan fingerprint density at radius 3 is 2.89 bits per heavy atom. The van der Waals surface area contributed by atoms with Crippen molar-refractivity contribution in [3.05, 3.63) is 24.0 Å². The molecule has 0 bridgehead atoms. The average Bonchev–Trinajstić information content (AvgIpc) is 3.11. The second kappa shape index (κ2) is 4.88. The maximum absolute atomic E-state index is 12.2. The van der Waals surface area contributed by atoms with E-state index in [-0.39, 0.29) is 11.9 Å². The van der Waals surface area contributed by atoms with Gasteiger partial charge in [-0.2, -0.15) is 5.26 Å². The summed E-state index contributed by atoms with van der Waals surface area (Å²) in [5.41, 5.74) is 1.33. The minimum atomic E-state index is -0.0877. The summed E-state index contributed by atoms with van der Waals surface area (Å²) in [6.45, 7) is 0.871. The molecule has 0 unspecified atom stereocenters. The van der Waals surface area contributed by atoms with Gasteiger partial charge >= 0.3 is 0 Å². The molecule has 0 spiro atoms. The minimum Gasteiger partial charge on any atom is -0.358 e. The fourth-order valence-electron chi connectivity index (χ4n) is 2.50. The quantitative estimate of drug-likeness (QED) is 0.882. The second-order valence-corrected chi connectivity index (χ2v) is 5.15. The summed E-state index contributed by atoms with van der Waals surface area (Å²) in [4.78, 5) is 18.3. The molecule has 5 nitrogen and oxygen atoms in total. The zero-order valence-electron chi connectivity index (χ0n) is 10.7. The van der Waals surface area contributed by atoms with Crippen molar-refractivity contribution in [1.29, 1.82) is 5.26 Å². The van der Waals surface area contributed by atoms with E-state index in [0.29, 0.717) is 11.7 Å². The molecule has 1 saturated heterocycles. The van der Waals surface area contributed by atoms with Crippen molar-refractivity contribution in [2.75, 3.05) is 11.4 Å². The standard InChI is InChI=1S/C14H16N4O/c15-8-11-5-6-12(9-16-11)18-7-1-2-13(18)14(19)17-10-3-4-10/h5-6,9-10,13H,1-4,7H2,(H,17,19)/t13-/m1/s1. The number of anilines is 1. The van der Waals surface area contributed by atoms with Crippen LogP contribution < -0.4 is 10.2 Å². The molecule has 98 valence electrons. The molecule has 1 N–H and O–H groups in total. The van der Waals surface area contributed by atoms with Crippen LogP contribution in [0.3, 0.4) is 0 Å². The zero-order chi connectivity index (χ0) is 13.2. The predicted octanol–water partition coefficient (Wildman–Crippen LogP) is 1.20. The van der Waals surface area contributed by atoms with E-state index >= 15 is 0 Å². The lowest BCUT2D eigenvalue weighted by atomic mass is 10.2. The van der Waals surface area contributed by atoms with Crippen LogP contribution in [0, 0.1) is 11.3 Å². The van der Waals surface area contributed by atoms with Crippen molar-refractivity contribution >= 4 is 11.6 Å². The van der Waals surface area contributed by atoms with Gasteiger partial charge in [0.25, 0.3) is 0 Å². The first-order valence-electron chi connectivity index (χ1n) is 6.71. The van der Waals surface area contributed by atoms with E-state index in [0.717, 1.165) is 37.9 Å². The van der Waals surface area contributed by atoms with Crippen LogP contribution in [0.4, 0.5) is 5.69 Å². The summed E-state index contributed by atoms with van der Waals surface area (Å²) in [5, 5.41) is 11.8. The highest BCUT2D eigenvalue weighted by Gasteiger charge is 2.34. The molecule has 19 heavy (non-hydrogen) atoms. The molecule has 1 aromatic heterocycles. The maximum Gasteiger partial charge on any atom is 0.242 e. The Balaban J connectivity index is 1.74. The Labute approximate surface area is 112 Å². The van der Waals surface area contributed by atoms with Crippen molar-refractivity contribution in [3.63, 3.8) is 0 Å². The van der Waals surface area contributed by atoms with Gasteiger partial charge in [-0.1, -0.05) is 0 Å². The Morgan fingerprint density at radius 1 is 1.42 bits per heavy atom. The van der Waals surface area contributed by atoms with Crippen molar-refractivity contribution in [2.24, 2.45) is 0 Å². The number of carbonyl (C=O) groups is 1. The molecule has 0 radical (unpaired) electrons. The van der Waals surface area contributed by atoms with Crippen LogP contribution in [0.15, 0.2) is 18.3 Å². The SMILES string of the molecule is N#Cc1ccc(N2CCC[C@@H]2C(=O)NC2CC2)cn1. The van der Waals surface area contributed by atoms with Crippen LogP contribution in [0.5, 0.6) is 0 Å². The van der Waals surface area contributed by atoms with E-state index in [2.05, 4.69) is 15.2 Å². The molecule has 1 aliphatic carbocycles. The van der Waals surface area contributed by atoms with E-state index in [1.54, 1.807) is 12.3 Å². The van der Waals surface area contributed by atoms with Gasteiger partial charge in [-0.15, -0.1) is 0 Å². The average molecular weight is 256 g/mol. The first-order valence-corrected chi connectivity index (χ1v) is 6.71. The molecular formula is C14H16N4O. The van der Waals surface area contributed by atoms with E-state index in [1.807, 2.05) is 12.1 Å². The van der Waals surface area contributed by atoms with E-state index in [9.17, 15) is 4.79 Å². The number of nitrogens with one attached hydrogen (secondary N) is 1. The number of hydrogen-bond acceptors (Lipinski definition) is 4. The fraction of sp³-hybridized carbons (Fsp3) is 0.500. The second-order valence-electron chi connectivity index (χ2n) is 5.15. The summed E-state index contributed by atoms with van der Waals surface area (Å²) < 4.78 is 0. The fourth-order valence-corrected chi connectivity index (χ4v) is 2.50. The van der Waals surface area contributed by atoms with Crippen LogP contribution in [0.1, 0.15) is 31.4 Å². The van der Waals surface area contributed by atoms with Gasteiger partial charge in [0.15, 0.2) is 0 Å². The van der Waals surface area contributed by atoms with Gasteiger partial charge < -0.3 is 10.2 Å². The molecular weight excluding hydrogens is 240 g/mol. The van der Waals surface area contributed by atoms with Crippen molar-refractivity contribution in [1.82, 2.24) is 10.3 Å². The lowest BCUT2D eigenvalue weighted by Gasteiger charge is -2.25. The number of hydrogen-bond donors (Lipinski definition) is 1. The topological polar surface area (TPSA) is 69.0 Å². The third-order valence-corrected chi connectivity index (χ3v) is 3.67. The Morgan fingerprint density at radius 2 is 2.26 bits per heavy atom. The summed E-state index contributed by atoms with van der Waals surface area (Å²) in [7, 11) is 0. The highest BCUT2D eigenvalue weighted by molar-refractivity contribution is 5.86. The molecule has 3 rings (SSSR count). The third kappa shape index (κ3) is 2.53. The monoisotopic (exact) mass is 256 g/mol. The van der Waals surface area contributed by atoms with Crippen LogP contribution in [0.2, 0.25) is 0 Å². The molecule has 0 aromatic carbocycles. The number of amides is 1. The van der Waals surface area contributed by atoms with E-state index < -0.39 is 0 Å². The maximum atomic E-state index is 12.2. The lowest BCUT2D eigenvalue weighted by molar-refractivity contribution is -0.122. The Kier molecular flexibility index (Phi) is 3.08.